The molecule has 24 heavy (non-hydrogen) atoms. The average molecular weight is 316 g/mol. The van der Waals surface area contributed by atoms with Crippen LogP contribution in [0.4, 0.5) is 11.9 Å². The fourth-order valence-corrected chi connectivity index (χ4v) is 2.31. The van der Waals surface area contributed by atoms with Gasteiger partial charge in [-0.2, -0.15) is 20.2 Å². The molecule has 0 aliphatic rings. The van der Waals surface area contributed by atoms with Crippen molar-refractivity contribution < 1.29 is 0 Å². The van der Waals surface area contributed by atoms with Gasteiger partial charge in [0.15, 0.2) is 5.82 Å². The number of fused-ring (bicyclic) bond motifs is 1. The van der Waals surface area contributed by atoms with Crippen molar-refractivity contribution >= 4 is 34.3 Å². The lowest BCUT2D eigenvalue weighted by atomic mass is 10.1. The van der Waals surface area contributed by atoms with Crippen LogP contribution in [0, 0.1) is 11.3 Å². The summed E-state index contributed by atoms with van der Waals surface area (Å²) in [6.07, 6.45) is 1.75. The van der Waals surface area contributed by atoms with Gasteiger partial charge in [0, 0.05) is 14.1 Å². The summed E-state index contributed by atoms with van der Waals surface area (Å²) < 4.78 is 0. The first-order valence-corrected chi connectivity index (χ1v) is 7.36. The predicted molar refractivity (Wildman–Crippen MR) is 96.0 cm³/mol. The summed E-state index contributed by atoms with van der Waals surface area (Å²) in [5, 5.41) is 11.8. The van der Waals surface area contributed by atoms with Crippen molar-refractivity contribution in [3.05, 3.63) is 53.9 Å². The number of allylic oxidation sites excluding steroid dienone is 1. The molecule has 0 radical (unpaired) electrons. The first kappa shape index (κ1) is 15.4. The van der Waals surface area contributed by atoms with Gasteiger partial charge in [0.25, 0.3) is 0 Å². The maximum atomic E-state index is 9.50. The topological polar surface area (TPSA) is 91.7 Å². The van der Waals surface area contributed by atoms with Gasteiger partial charge in [-0.1, -0.05) is 36.4 Å². The molecular formula is C18H16N6. The molecule has 3 rings (SSSR count). The first-order valence-electron chi connectivity index (χ1n) is 7.36. The van der Waals surface area contributed by atoms with Crippen LogP contribution >= 0.6 is 0 Å². The molecule has 0 unspecified atom stereocenters. The highest BCUT2D eigenvalue weighted by Crippen LogP contribution is 2.20. The molecular weight excluding hydrogens is 300 g/mol. The molecule has 1 aromatic heterocycles. The number of nitriles is 1. The fraction of sp³-hybridized carbons (Fsp3) is 0.111. The number of nitrogen functional groups attached to an aromatic ring is 1. The Labute approximate surface area is 139 Å². The summed E-state index contributed by atoms with van der Waals surface area (Å²) in [4.78, 5) is 14.1. The molecule has 2 aromatic carbocycles. The zero-order chi connectivity index (χ0) is 17.1. The van der Waals surface area contributed by atoms with Gasteiger partial charge in [0.1, 0.15) is 6.07 Å². The minimum absolute atomic E-state index is 0.0864. The van der Waals surface area contributed by atoms with Crippen LogP contribution in [0.3, 0.4) is 0 Å². The Bertz CT molecular complexity index is 969. The lowest BCUT2D eigenvalue weighted by molar-refractivity contribution is 0.952. The number of anilines is 2. The molecule has 0 fully saturated rings. The van der Waals surface area contributed by atoms with Crippen LogP contribution in [-0.2, 0) is 0 Å². The van der Waals surface area contributed by atoms with E-state index in [4.69, 9.17) is 5.73 Å². The third-order valence-electron chi connectivity index (χ3n) is 3.49. The molecule has 0 atom stereocenters. The Morgan fingerprint density at radius 3 is 2.54 bits per heavy atom. The van der Waals surface area contributed by atoms with E-state index in [0.29, 0.717) is 11.5 Å². The number of benzene rings is 2. The van der Waals surface area contributed by atoms with E-state index in [1.54, 1.807) is 25.1 Å². The Morgan fingerprint density at radius 2 is 1.83 bits per heavy atom. The van der Waals surface area contributed by atoms with E-state index in [0.717, 1.165) is 16.3 Å². The van der Waals surface area contributed by atoms with Crippen LogP contribution < -0.4 is 10.6 Å². The highest BCUT2D eigenvalue weighted by atomic mass is 15.3. The molecule has 0 saturated heterocycles. The molecule has 0 aliphatic heterocycles. The molecule has 0 saturated carbocycles. The van der Waals surface area contributed by atoms with Gasteiger partial charge in [-0.3, -0.25) is 0 Å². The summed E-state index contributed by atoms with van der Waals surface area (Å²) in [6.45, 7) is 0. The van der Waals surface area contributed by atoms with Crippen LogP contribution in [0.5, 0.6) is 0 Å². The molecule has 6 nitrogen and oxygen atoms in total. The molecule has 0 spiro atoms. The van der Waals surface area contributed by atoms with E-state index in [1.807, 2.05) is 42.5 Å². The lowest BCUT2D eigenvalue weighted by Gasteiger charge is -2.11. The van der Waals surface area contributed by atoms with Crippen molar-refractivity contribution in [2.24, 2.45) is 0 Å². The standard InChI is InChI=1S/C18H16N6/c1-24(2)18-22-16(21-17(20)23-18)15(11-19)10-12-7-8-13-5-3-4-6-14(13)9-12/h3-10H,1-2H3,(H2,20,21,22,23)/b15-10-. The molecule has 6 heteroatoms. The number of nitrogens with two attached hydrogens (primary N) is 1. The minimum Gasteiger partial charge on any atom is -0.368 e. The minimum atomic E-state index is 0.0864. The zero-order valence-electron chi connectivity index (χ0n) is 13.4. The molecule has 3 aromatic rings. The van der Waals surface area contributed by atoms with E-state index in [9.17, 15) is 5.26 Å². The number of hydrogen-bond donors (Lipinski definition) is 1. The molecule has 118 valence electrons. The predicted octanol–water partition coefficient (Wildman–Crippen LogP) is 2.74. The van der Waals surface area contributed by atoms with E-state index in [2.05, 4.69) is 21.0 Å². The number of hydrogen-bond acceptors (Lipinski definition) is 6. The lowest BCUT2D eigenvalue weighted by Crippen LogP contribution is -2.15. The summed E-state index contributed by atoms with van der Waals surface area (Å²) >= 11 is 0. The summed E-state index contributed by atoms with van der Waals surface area (Å²) in [5.74, 6) is 0.766. The maximum Gasteiger partial charge on any atom is 0.230 e. The normalized spacial score (nSPS) is 11.3. The van der Waals surface area contributed by atoms with Crippen molar-refractivity contribution in [1.82, 2.24) is 15.0 Å². The van der Waals surface area contributed by atoms with Crippen LogP contribution in [0.25, 0.3) is 22.4 Å². The second kappa shape index (κ2) is 6.34. The van der Waals surface area contributed by atoms with Gasteiger partial charge in [-0.15, -0.1) is 0 Å². The first-order chi connectivity index (χ1) is 11.6. The average Bonchev–Trinajstić information content (AvgIpc) is 2.59. The zero-order valence-corrected chi connectivity index (χ0v) is 13.4. The monoisotopic (exact) mass is 316 g/mol. The van der Waals surface area contributed by atoms with Crippen LogP contribution in [-0.4, -0.2) is 29.0 Å². The van der Waals surface area contributed by atoms with Gasteiger partial charge >= 0.3 is 0 Å². The van der Waals surface area contributed by atoms with Crippen molar-refractivity contribution in [1.29, 1.82) is 5.26 Å². The van der Waals surface area contributed by atoms with Crippen LogP contribution in [0.2, 0.25) is 0 Å². The highest BCUT2D eigenvalue weighted by Gasteiger charge is 2.10. The Balaban J connectivity index is 2.07. The molecule has 1 heterocycles. The van der Waals surface area contributed by atoms with Gasteiger partial charge in [-0.25, -0.2) is 0 Å². The third kappa shape index (κ3) is 3.15. The summed E-state index contributed by atoms with van der Waals surface area (Å²) in [6, 6.07) is 16.2. The summed E-state index contributed by atoms with van der Waals surface area (Å²) in [7, 11) is 3.61. The smallest absolute Gasteiger partial charge is 0.230 e. The number of aromatic nitrogens is 3. The van der Waals surface area contributed by atoms with Crippen molar-refractivity contribution in [2.45, 2.75) is 0 Å². The van der Waals surface area contributed by atoms with Gasteiger partial charge in [0.2, 0.25) is 11.9 Å². The van der Waals surface area contributed by atoms with Gasteiger partial charge < -0.3 is 10.6 Å². The van der Waals surface area contributed by atoms with E-state index >= 15 is 0 Å². The molecule has 0 amide bonds. The van der Waals surface area contributed by atoms with Gasteiger partial charge in [0.05, 0.1) is 5.57 Å². The van der Waals surface area contributed by atoms with Crippen molar-refractivity contribution in [2.75, 3.05) is 24.7 Å². The van der Waals surface area contributed by atoms with Gasteiger partial charge in [-0.05, 0) is 28.5 Å². The van der Waals surface area contributed by atoms with Crippen LogP contribution in [0.15, 0.2) is 42.5 Å². The SMILES string of the molecule is CN(C)c1nc(N)nc(/C(C#N)=C\c2ccc3ccccc3c2)n1. The third-order valence-corrected chi connectivity index (χ3v) is 3.49. The quantitative estimate of drug-likeness (QED) is 0.747. The second-order valence-electron chi connectivity index (χ2n) is 5.49. The Hall–Kier alpha value is -3.46. The number of nitrogens with zero attached hydrogens (tertiary/aromatic N) is 5. The molecule has 0 bridgehead atoms. The molecule has 2 N–H and O–H groups in total. The maximum absolute atomic E-state index is 9.50. The second-order valence-corrected chi connectivity index (χ2v) is 5.49. The highest BCUT2D eigenvalue weighted by molar-refractivity contribution is 5.91. The Morgan fingerprint density at radius 1 is 1.08 bits per heavy atom. The van der Waals surface area contributed by atoms with E-state index in [1.165, 1.54) is 0 Å². The van der Waals surface area contributed by atoms with E-state index in [-0.39, 0.29) is 11.8 Å². The molecule has 0 aliphatic carbocycles. The fourth-order valence-electron chi connectivity index (χ4n) is 2.31. The Kier molecular flexibility index (Phi) is 4.08. The summed E-state index contributed by atoms with van der Waals surface area (Å²) in [5.41, 5.74) is 6.97. The number of rotatable bonds is 3. The largest absolute Gasteiger partial charge is 0.368 e. The van der Waals surface area contributed by atoms with Crippen LogP contribution in [0.1, 0.15) is 11.4 Å². The van der Waals surface area contributed by atoms with Crippen molar-refractivity contribution in [3.63, 3.8) is 0 Å². The van der Waals surface area contributed by atoms with Crippen molar-refractivity contribution in [3.8, 4) is 6.07 Å². The van der Waals surface area contributed by atoms with E-state index < -0.39 is 0 Å².